The van der Waals surface area contributed by atoms with Crippen LogP contribution in [-0.2, 0) is 10.2 Å². The Morgan fingerprint density at radius 1 is 1.50 bits per heavy atom. The van der Waals surface area contributed by atoms with Crippen LogP contribution in [0.25, 0.3) is 0 Å². The molecule has 1 atom stereocenters. The largest absolute Gasteiger partial charge is 0.392 e. The highest BCUT2D eigenvalue weighted by Gasteiger charge is 2.13. The molecule has 0 saturated carbocycles. The van der Waals surface area contributed by atoms with Crippen LogP contribution in [0.5, 0.6) is 0 Å². The first-order valence-corrected chi connectivity index (χ1v) is 5.19. The maximum atomic E-state index is 11.1. The van der Waals surface area contributed by atoms with Crippen molar-refractivity contribution in [2.24, 2.45) is 0 Å². The van der Waals surface area contributed by atoms with Crippen molar-refractivity contribution in [1.82, 2.24) is 9.03 Å². The van der Waals surface area contributed by atoms with Gasteiger partial charge < -0.3 is 5.11 Å². The first-order chi connectivity index (χ1) is 5.40. The smallest absolute Gasteiger partial charge is 0.279 e. The molecule has 0 aromatic carbocycles. The summed E-state index contributed by atoms with van der Waals surface area (Å²) >= 11 is 0. The van der Waals surface area contributed by atoms with Crippen LogP contribution in [-0.4, -0.2) is 44.6 Å². The molecule has 6 heteroatoms. The molecule has 0 aliphatic heterocycles. The summed E-state index contributed by atoms with van der Waals surface area (Å²) in [6.45, 7) is 1.85. The van der Waals surface area contributed by atoms with Crippen molar-refractivity contribution in [1.29, 1.82) is 0 Å². The van der Waals surface area contributed by atoms with Crippen molar-refractivity contribution >= 4 is 10.2 Å². The first-order valence-electron chi connectivity index (χ1n) is 3.75. The van der Waals surface area contributed by atoms with Crippen LogP contribution in [0.4, 0.5) is 0 Å². The van der Waals surface area contributed by atoms with E-state index in [1.807, 2.05) is 0 Å². The second kappa shape index (κ2) is 4.76. The fourth-order valence-corrected chi connectivity index (χ4v) is 1.14. The molecule has 2 N–H and O–H groups in total. The molecule has 0 bridgehead atoms. The van der Waals surface area contributed by atoms with E-state index in [1.165, 1.54) is 14.1 Å². The minimum atomic E-state index is -3.38. The van der Waals surface area contributed by atoms with E-state index in [9.17, 15) is 8.42 Å². The van der Waals surface area contributed by atoms with Crippen LogP contribution < -0.4 is 4.72 Å². The van der Waals surface area contributed by atoms with Crippen molar-refractivity contribution in [3.63, 3.8) is 0 Å². The third-order valence-electron chi connectivity index (χ3n) is 1.45. The number of hydrogen-bond acceptors (Lipinski definition) is 3. The Labute approximate surface area is 73.6 Å². The number of nitrogens with one attached hydrogen (secondary N) is 1. The van der Waals surface area contributed by atoms with E-state index in [1.54, 1.807) is 6.92 Å². The molecule has 12 heavy (non-hydrogen) atoms. The SMILES string of the molecule is CCC(O)CNS(=O)(=O)N(C)C. The minimum absolute atomic E-state index is 0.0665. The molecule has 0 spiro atoms. The van der Waals surface area contributed by atoms with Crippen LogP contribution in [0.2, 0.25) is 0 Å². The summed E-state index contributed by atoms with van der Waals surface area (Å²) in [4.78, 5) is 0. The van der Waals surface area contributed by atoms with Crippen molar-refractivity contribution in [3.05, 3.63) is 0 Å². The second-order valence-corrected chi connectivity index (χ2v) is 4.67. The van der Waals surface area contributed by atoms with E-state index in [-0.39, 0.29) is 6.54 Å². The summed E-state index contributed by atoms with van der Waals surface area (Å²) in [7, 11) is -0.518. The summed E-state index contributed by atoms with van der Waals surface area (Å²) in [5.41, 5.74) is 0. The topological polar surface area (TPSA) is 69.6 Å². The van der Waals surface area contributed by atoms with Gasteiger partial charge in [0.2, 0.25) is 0 Å². The Hall–Kier alpha value is -0.170. The number of aliphatic hydroxyl groups is 1. The lowest BCUT2D eigenvalue weighted by Gasteiger charge is -2.14. The highest BCUT2D eigenvalue weighted by Crippen LogP contribution is 1.91. The van der Waals surface area contributed by atoms with Crippen LogP contribution in [0.15, 0.2) is 0 Å². The van der Waals surface area contributed by atoms with E-state index in [4.69, 9.17) is 5.11 Å². The molecule has 0 aromatic heterocycles. The number of rotatable bonds is 5. The van der Waals surface area contributed by atoms with Gasteiger partial charge in [-0.3, -0.25) is 0 Å². The van der Waals surface area contributed by atoms with E-state index >= 15 is 0 Å². The summed E-state index contributed by atoms with van der Waals surface area (Å²) in [6.07, 6.45) is -0.0737. The lowest BCUT2D eigenvalue weighted by atomic mass is 10.3. The van der Waals surface area contributed by atoms with Gasteiger partial charge in [-0.25, -0.2) is 0 Å². The minimum Gasteiger partial charge on any atom is -0.392 e. The van der Waals surface area contributed by atoms with Gasteiger partial charge in [-0.1, -0.05) is 6.92 Å². The van der Waals surface area contributed by atoms with E-state index in [0.29, 0.717) is 6.42 Å². The molecule has 0 aliphatic carbocycles. The highest BCUT2D eigenvalue weighted by molar-refractivity contribution is 7.87. The average Bonchev–Trinajstić information content (AvgIpc) is 2.00. The molecule has 74 valence electrons. The molecule has 5 nitrogen and oxygen atoms in total. The van der Waals surface area contributed by atoms with Gasteiger partial charge in [-0.05, 0) is 6.42 Å². The quantitative estimate of drug-likeness (QED) is 0.602. The van der Waals surface area contributed by atoms with E-state index in [2.05, 4.69) is 4.72 Å². The fraction of sp³-hybridized carbons (Fsp3) is 1.00. The molecule has 0 aromatic rings. The number of nitrogens with zero attached hydrogens (tertiary/aromatic N) is 1. The Bertz CT molecular complexity index is 213. The Morgan fingerprint density at radius 2 is 2.00 bits per heavy atom. The maximum absolute atomic E-state index is 11.1. The third kappa shape index (κ3) is 4.01. The van der Waals surface area contributed by atoms with Crippen LogP contribution in [0.1, 0.15) is 13.3 Å². The first kappa shape index (κ1) is 11.8. The molecule has 0 fully saturated rings. The second-order valence-electron chi connectivity index (χ2n) is 2.70. The van der Waals surface area contributed by atoms with E-state index < -0.39 is 16.3 Å². The van der Waals surface area contributed by atoms with Crippen molar-refractivity contribution in [3.8, 4) is 0 Å². The maximum Gasteiger partial charge on any atom is 0.279 e. The molecule has 0 radical (unpaired) electrons. The zero-order valence-corrected chi connectivity index (χ0v) is 8.43. The van der Waals surface area contributed by atoms with Gasteiger partial charge in [0, 0.05) is 20.6 Å². The standard InChI is InChI=1S/C6H16N2O3S/c1-4-6(9)5-7-12(10,11)8(2)3/h6-7,9H,4-5H2,1-3H3. The van der Waals surface area contributed by atoms with Crippen molar-refractivity contribution in [2.45, 2.75) is 19.4 Å². The Kier molecular flexibility index (Phi) is 4.69. The lowest BCUT2D eigenvalue weighted by Crippen LogP contribution is -2.39. The van der Waals surface area contributed by atoms with Gasteiger partial charge in [0.05, 0.1) is 6.10 Å². The van der Waals surface area contributed by atoms with Gasteiger partial charge in [-0.2, -0.15) is 17.4 Å². The highest BCUT2D eigenvalue weighted by atomic mass is 32.2. The van der Waals surface area contributed by atoms with Crippen LogP contribution in [0.3, 0.4) is 0 Å². The number of aliphatic hydroxyl groups excluding tert-OH is 1. The number of hydrogen-bond donors (Lipinski definition) is 2. The van der Waals surface area contributed by atoms with Gasteiger partial charge in [-0.15, -0.1) is 0 Å². The summed E-state index contributed by atoms with van der Waals surface area (Å²) in [5.74, 6) is 0. The zero-order valence-electron chi connectivity index (χ0n) is 7.61. The van der Waals surface area contributed by atoms with Gasteiger partial charge >= 0.3 is 0 Å². The van der Waals surface area contributed by atoms with Gasteiger partial charge in [0.15, 0.2) is 0 Å². The van der Waals surface area contributed by atoms with Crippen LogP contribution in [0, 0.1) is 0 Å². The molecule has 0 aliphatic rings. The average molecular weight is 196 g/mol. The summed E-state index contributed by atoms with van der Waals surface area (Å²) < 4.78 is 25.4. The Balaban J connectivity index is 3.94. The summed E-state index contributed by atoms with van der Waals surface area (Å²) in [6, 6.07) is 0. The fourth-order valence-electron chi connectivity index (χ4n) is 0.475. The molecule has 0 saturated heterocycles. The Morgan fingerprint density at radius 3 is 2.33 bits per heavy atom. The molecular formula is C6H16N2O3S. The third-order valence-corrected chi connectivity index (χ3v) is 2.95. The molecule has 1 unspecified atom stereocenters. The zero-order chi connectivity index (χ0) is 9.78. The molecular weight excluding hydrogens is 180 g/mol. The lowest BCUT2D eigenvalue weighted by molar-refractivity contribution is 0.173. The predicted octanol–water partition coefficient (Wildman–Crippen LogP) is -0.847. The van der Waals surface area contributed by atoms with Gasteiger partial charge in [0.1, 0.15) is 0 Å². The molecule has 0 rings (SSSR count). The normalized spacial score (nSPS) is 15.1. The van der Waals surface area contributed by atoms with Crippen molar-refractivity contribution in [2.75, 3.05) is 20.6 Å². The molecule has 0 amide bonds. The molecule has 0 heterocycles. The van der Waals surface area contributed by atoms with E-state index in [0.717, 1.165) is 4.31 Å². The van der Waals surface area contributed by atoms with Gasteiger partial charge in [0.25, 0.3) is 10.2 Å². The van der Waals surface area contributed by atoms with Crippen LogP contribution >= 0.6 is 0 Å². The monoisotopic (exact) mass is 196 g/mol. The summed E-state index contributed by atoms with van der Waals surface area (Å²) in [5, 5.41) is 9.06. The van der Waals surface area contributed by atoms with Crippen molar-refractivity contribution < 1.29 is 13.5 Å². The predicted molar refractivity (Wildman–Crippen MR) is 46.9 cm³/mol.